The number of rotatable bonds is 14. The highest BCUT2D eigenvalue weighted by molar-refractivity contribution is 7.99. The summed E-state index contributed by atoms with van der Waals surface area (Å²) in [7, 11) is 0. The van der Waals surface area contributed by atoms with E-state index in [4.69, 9.17) is 28.4 Å². The lowest BCUT2D eigenvalue weighted by atomic mass is 9.98. The Morgan fingerprint density at radius 2 is 1.09 bits per heavy atom. The Balaban J connectivity index is 1.08. The van der Waals surface area contributed by atoms with Gasteiger partial charge in [0.1, 0.15) is 37.0 Å². The molecule has 0 saturated carbocycles. The Morgan fingerprint density at radius 1 is 0.569 bits per heavy atom. The number of aryl methyl sites for hydroxylation is 1. The normalized spacial score (nSPS) is 19.8. The molecule has 0 N–H and O–H groups in total. The lowest BCUT2D eigenvalue weighted by Crippen LogP contribution is -2.60. The average molecular weight is 793 g/mol. The largest absolute Gasteiger partial charge is 0.508 e. The first-order chi connectivity index (χ1) is 28.5. The van der Waals surface area contributed by atoms with Crippen molar-refractivity contribution in [1.82, 2.24) is 0 Å². The summed E-state index contributed by atoms with van der Waals surface area (Å²) in [4.78, 5) is 28.2. The molecule has 1 saturated heterocycles. The molecule has 1 heterocycles. The summed E-state index contributed by atoms with van der Waals surface area (Å²) in [5.41, 5.74) is 7.06. The SMILES string of the molecule is Cc1ccc(S[C@H]2O[C@H](COC(=O)OCC3c4ccccc4-c4ccccc43)[C@@H](OCc3ccccc3)[C@H](OCc3ccccc3)[C@@H]2OC(=O)c2ccccc2)cc1. The topological polar surface area (TPSA) is 89.5 Å². The zero-order valence-electron chi connectivity index (χ0n) is 32.1. The van der Waals surface area contributed by atoms with Gasteiger partial charge in [-0.3, -0.25) is 0 Å². The summed E-state index contributed by atoms with van der Waals surface area (Å²) < 4.78 is 38.3. The van der Waals surface area contributed by atoms with Crippen molar-refractivity contribution < 1.29 is 38.0 Å². The van der Waals surface area contributed by atoms with Crippen molar-refractivity contribution in [1.29, 1.82) is 0 Å². The molecule has 2 aliphatic rings. The fourth-order valence-corrected chi connectivity index (χ4v) is 8.56. The van der Waals surface area contributed by atoms with Gasteiger partial charge in [-0.2, -0.15) is 0 Å². The standard InChI is InChI=1S/C49H44O8S/c1-33-25-27-37(28-26-33)58-48-46(57-47(50)36-19-9-4-10-20-36)45(53-30-35-17-7-3-8-18-35)44(52-29-34-15-5-2-6-16-34)43(56-48)32-55-49(51)54-31-42-40-23-13-11-21-38(40)39-22-12-14-24-41(39)42/h2-28,42-46,48H,29-32H2,1H3/t43-,44-,45+,46+,48-/m1/s1. The maximum absolute atomic E-state index is 13.8. The second-order valence-corrected chi connectivity index (χ2v) is 15.5. The Labute approximate surface area is 343 Å². The number of thioether (sulfide) groups is 1. The summed E-state index contributed by atoms with van der Waals surface area (Å²) in [6, 6.07) is 52.8. The van der Waals surface area contributed by atoms with Gasteiger partial charge in [-0.1, -0.05) is 157 Å². The molecule has 5 atom stereocenters. The number of hydrogen-bond acceptors (Lipinski definition) is 9. The first-order valence-electron chi connectivity index (χ1n) is 19.4. The molecule has 6 aromatic carbocycles. The van der Waals surface area contributed by atoms with E-state index in [0.29, 0.717) is 5.56 Å². The fraction of sp³-hybridized carbons (Fsp3) is 0.224. The maximum atomic E-state index is 13.8. The summed E-state index contributed by atoms with van der Waals surface area (Å²) in [6.07, 6.45) is -4.28. The smallest absolute Gasteiger partial charge is 0.452 e. The highest BCUT2D eigenvalue weighted by Gasteiger charge is 2.50. The summed E-state index contributed by atoms with van der Waals surface area (Å²) in [5, 5.41) is 0. The van der Waals surface area contributed by atoms with Gasteiger partial charge in [0.05, 0.1) is 18.8 Å². The molecule has 294 valence electrons. The zero-order chi connectivity index (χ0) is 39.7. The van der Waals surface area contributed by atoms with Crippen molar-refractivity contribution in [3.8, 4) is 11.1 Å². The quantitative estimate of drug-likeness (QED) is 0.100. The molecule has 8 rings (SSSR count). The van der Waals surface area contributed by atoms with Crippen LogP contribution in [0.15, 0.2) is 169 Å². The number of carbonyl (C=O) groups excluding carboxylic acids is 2. The fourth-order valence-electron chi connectivity index (χ4n) is 7.46. The van der Waals surface area contributed by atoms with Crippen LogP contribution in [0.3, 0.4) is 0 Å². The average Bonchev–Trinajstić information content (AvgIpc) is 3.59. The number of hydrogen-bond donors (Lipinski definition) is 0. The lowest BCUT2D eigenvalue weighted by Gasteiger charge is -2.45. The van der Waals surface area contributed by atoms with Crippen LogP contribution in [0.5, 0.6) is 0 Å². The van der Waals surface area contributed by atoms with Crippen LogP contribution in [0.1, 0.15) is 44.1 Å². The van der Waals surface area contributed by atoms with Gasteiger partial charge in [0.2, 0.25) is 0 Å². The number of fused-ring (bicyclic) bond motifs is 3. The lowest BCUT2D eigenvalue weighted by molar-refractivity contribution is -0.240. The van der Waals surface area contributed by atoms with Crippen LogP contribution >= 0.6 is 11.8 Å². The van der Waals surface area contributed by atoms with Gasteiger partial charge in [-0.25, -0.2) is 9.59 Å². The molecule has 0 aromatic heterocycles. The Hall–Kier alpha value is -5.71. The molecule has 0 bridgehead atoms. The van der Waals surface area contributed by atoms with E-state index >= 15 is 0 Å². The van der Waals surface area contributed by atoms with E-state index in [1.54, 1.807) is 24.3 Å². The number of benzene rings is 6. The van der Waals surface area contributed by atoms with Gasteiger partial charge >= 0.3 is 12.1 Å². The van der Waals surface area contributed by atoms with Gasteiger partial charge in [0, 0.05) is 10.8 Å². The summed E-state index contributed by atoms with van der Waals surface area (Å²) in [6.45, 7) is 2.34. The van der Waals surface area contributed by atoms with Crippen LogP contribution in [0.25, 0.3) is 11.1 Å². The Bertz CT molecular complexity index is 2220. The highest BCUT2D eigenvalue weighted by atomic mass is 32.2. The van der Waals surface area contributed by atoms with Crippen molar-refractivity contribution in [2.24, 2.45) is 0 Å². The van der Waals surface area contributed by atoms with E-state index in [1.807, 2.05) is 122 Å². The number of esters is 1. The highest BCUT2D eigenvalue weighted by Crippen LogP contribution is 2.45. The third-order valence-corrected chi connectivity index (χ3v) is 11.5. The predicted octanol–water partition coefficient (Wildman–Crippen LogP) is 10.2. The molecule has 1 aliphatic carbocycles. The molecule has 8 nitrogen and oxygen atoms in total. The first kappa shape index (κ1) is 39.1. The number of carbonyl (C=O) groups is 2. The molecule has 0 amide bonds. The van der Waals surface area contributed by atoms with Crippen molar-refractivity contribution in [3.05, 3.63) is 197 Å². The molecule has 6 aromatic rings. The van der Waals surface area contributed by atoms with E-state index < -0.39 is 42.0 Å². The van der Waals surface area contributed by atoms with E-state index in [9.17, 15) is 9.59 Å². The number of ether oxygens (including phenoxy) is 6. The molecule has 9 heteroatoms. The zero-order valence-corrected chi connectivity index (χ0v) is 32.9. The first-order valence-corrected chi connectivity index (χ1v) is 20.3. The van der Waals surface area contributed by atoms with Crippen molar-refractivity contribution in [2.45, 2.75) is 60.8 Å². The maximum Gasteiger partial charge on any atom is 0.508 e. The van der Waals surface area contributed by atoms with Crippen molar-refractivity contribution >= 4 is 23.9 Å². The van der Waals surface area contributed by atoms with Gasteiger partial charge in [0.15, 0.2) is 6.10 Å². The van der Waals surface area contributed by atoms with Gasteiger partial charge in [-0.05, 0) is 64.6 Å². The summed E-state index contributed by atoms with van der Waals surface area (Å²) in [5.74, 6) is -0.647. The third-order valence-electron chi connectivity index (χ3n) is 10.4. The van der Waals surface area contributed by atoms with Crippen LogP contribution in [-0.4, -0.2) is 55.2 Å². The van der Waals surface area contributed by atoms with E-state index in [-0.39, 0.29) is 32.3 Å². The molecule has 0 unspecified atom stereocenters. The van der Waals surface area contributed by atoms with Gasteiger partial charge in [-0.15, -0.1) is 0 Å². The van der Waals surface area contributed by atoms with E-state index in [1.165, 1.54) is 11.8 Å². The summed E-state index contributed by atoms with van der Waals surface area (Å²) >= 11 is 1.41. The second-order valence-electron chi connectivity index (χ2n) is 14.3. The minimum Gasteiger partial charge on any atom is -0.452 e. The minimum atomic E-state index is -0.936. The monoisotopic (exact) mass is 792 g/mol. The van der Waals surface area contributed by atoms with Gasteiger partial charge in [0.25, 0.3) is 0 Å². The molecular weight excluding hydrogens is 749 g/mol. The van der Waals surface area contributed by atoms with Crippen molar-refractivity contribution in [3.63, 3.8) is 0 Å². The molecular formula is C49H44O8S. The molecule has 58 heavy (non-hydrogen) atoms. The third kappa shape index (κ3) is 9.35. The van der Waals surface area contributed by atoms with Crippen LogP contribution < -0.4 is 0 Å². The van der Waals surface area contributed by atoms with Crippen LogP contribution in [0.2, 0.25) is 0 Å². The molecule has 0 spiro atoms. The van der Waals surface area contributed by atoms with Gasteiger partial charge < -0.3 is 28.4 Å². The van der Waals surface area contributed by atoms with Crippen LogP contribution in [-0.2, 0) is 41.6 Å². The molecule has 0 radical (unpaired) electrons. The van der Waals surface area contributed by atoms with E-state index in [2.05, 4.69) is 24.3 Å². The Kier molecular flexibility index (Phi) is 12.6. The second kappa shape index (κ2) is 18.7. The van der Waals surface area contributed by atoms with Crippen LogP contribution in [0, 0.1) is 6.92 Å². The Morgan fingerprint density at radius 3 is 1.69 bits per heavy atom. The molecule has 1 aliphatic heterocycles. The molecule has 1 fully saturated rings. The minimum absolute atomic E-state index is 0.110. The van der Waals surface area contributed by atoms with Crippen molar-refractivity contribution in [2.75, 3.05) is 13.2 Å². The predicted molar refractivity (Wildman–Crippen MR) is 222 cm³/mol. The van der Waals surface area contributed by atoms with E-state index in [0.717, 1.165) is 43.8 Å². The van der Waals surface area contributed by atoms with Crippen LogP contribution in [0.4, 0.5) is 4.79 Å².